The maximum atomic E-state index is 12.8. The van der Waals surface area contributed by atoms with Crippen LogP contribution in [0.4, 0.5) is 0 Å². The van der Waals surface area contributed by atoms with E-state index in [1.54, 1.807) is 11.3 Å². The number of primary amides is 1. The number of rotatable bonds is 4. The Bertz CT molecular complexity index is 803. The molecule has 6 nitrogen and oxygen atoms in total. The van der Waals surface area contributed by atoms with Crippen molar-refractivity contribution in [3.63, 3.8) is 0 Å². The molecule has 3 heterocycles. The minimum atomic E-state index is -0.249. The predicted octanol–water partition coefficient (Wildman–Crippen LogP) is 2.20. The monoisotopic (exact) mass is 386 g/mol. The van der Waals surface area contributed by atoms with Crippen LogP contribution in [0.25, 0.3) is 10.2 Å². The third-order valence-corrected chi connectivity index (χ3v) is 6.90. The lowest BCUT2D eigenvalue weighted by Gasteiger charge is -2.35. The van der Waals surface area contributed by atoms with Crippen LogP contribution in [-0.2, 0) is 9.59 Å². The molecule has 2 fully saturated rings. The second kappa shape index (κ2) is 7.94. The number of nitrogens with two attached hydrogens (primary N) is 1. The van der Waals surface area contributed by atoms with Crippen LogP contribution >= 0.6 is 11.3 Å². The van der Waals surface area contributed by atoms with Crippen molar-refractivity contribution in [2.24, 2.45) is 11.7 Å². The summed E-state index contributed by atoms with van der Waals surface area (Å²) in [6.45, 7) is 3.41. The lowest BCUT2D eigenvalue weighted by Crippen LogP contribution is -2.48. The molecule has 4 rings (SSSR count). The molecule has 2 aliphatic rings. The van der Waals surface area contributed by atoms with E-state index >= 15 is 0 Å². The average molecular weight is 387 g/mol. The molecule has 0 bridgehead atoms. The number of piperidine rings is 2. The summed E-state index contributed by atoms with van der Waals surface area (Å²) in [5.41, 5.74) is 6.50. The molecule has 27 heavy (non-hydrogen) atoms. The number of benzene rings is 1. The van der Waals surface area contributed by atoms with E-state index in [-0.39, 0.29) is 17.7 Å². The number of likely N-dealkylation sites (tertiary alicyclic amines) is 2. The Morgan fingerprint density at radius 3 is 2.78 bits per heavy atom. The van der Waals surface area contributed by atoms with Gasteiger partial charge in [0.15, 0.2) is 0 Å². The van der Waals surface area contributed by atoms with Crippen molar-refractivity contribution in [1.29, 1.82) is 0 Å². The molecule has 0 saturated carbocycles. The second-order valence-corrected chi connectivity index (χ2v) is 8.74. The summed E-state index contributed by atoms with van der Waals surface area (Å²) < 4.78 is 1.21. The average Bonchev–Trinajstić information content (AvgIpc) is 3.12. The van der Waals surface area contributed by atoms with Crippen molar-refractivity contribution in [3.05, 3.63) is 29.3 Å². The van der Waals surface area contributed by atoms with E-state index in [2.05, 4.69) is 11.0 Å². The highest BCUT2D eigenvalue weighted by molar-refractivity contribution is 7.18. The Hall–Kier alpha value is -1.99. The normalized spacial score (nSPS) is 24.2. The van der Waals surface area contributed by atoms with Gasteiger partial charge in [-0.05, 0) is 44.4 Å². The van der Waals surface area contributed by atoms with Gasteiger partial charge in [0.2, 0.25) is 11.8 Å². The number of thiazole rings is 1. The molecule has 0 unspecified atom stereocenters. The first-order valence-electron chi connectivity index (χ1n) is 9.75. The predicted molar refractivity (Wildman–Crippen MR) is 107 cm³/mol. The van der Waals surface area contributed by atoms with Crippen molar-refractivity contribution >= 4 is 33.4 Å². The zero-order valence-electron chi connectivity index (χ0n) is 15.5. The topological polar surface area (TPSA) is 79.5 Å². The molecule has 2 saturated heterocycles. The van der Waals surface area contributed by atoms with Crippen LogP contribution in [-0.4, -0.2) is 59.3 Å². The SMILES string of the molecule is NC(=O)[C@H]1CCCN(CC(=O)N2CCC[C@@H](c3nc4ccccc4s3)C2)C1. The number of carbonyl (C=O) groups excluding carboxylic acids is 2. The lowest BCUT2D eigenvalue weighted by molar-refractivity contribution is -0.135. The highest BCUT2D eigenvalue weighted by atomic mass is 32.1. The standard InChI is InChI=1S/C20H26N4O2S/c21-19(26)14-5-3-9-23(11-14)13-18(25)24-10-4-6-15(12-24)20-22-16-7-1-2-8-17(16)27-20/h1-2,7-8,14-15H,3-6,9-13H2,(H2,21,26)/t14-,15+/m0/s1. The number of hydrogen-bond donors (Lipinski definition) is 1. The Kier molecular flexibility index (Phi) is 5.41. The van der Waals surface area contributed by atoms with Gasteiger partial charge in [0.25, 0.3) is 0 Å². The van der Waals surface area contributed by atoms with E-state index in [0.717, 1.165) is 55.8 Å². The summed E-state index contributed by atoms with van der Waals surface area (Å²) in [6.07, 6.45) is 3.85. The van der Waals surface area contributed by atoms with E-state index in [1.807, 2.05) is 23.1 Å². The van der Waals surface area contributed by atoms with Gasteiger partial charge in [-0.25, -0.2) is 4.98 Å². The Morgan fingerprint density at radius 2 is 1.96 bits per heavy atom. The fraction of sp³-hybridized carbons (Fsp3) is 0.550. The second-order valence-electron chi connectivity index (χ2n) is 7.68. The van der Waals surface area contributed by atoms with Crippen molar-refractivity contribution < 1.29 is 9.59 Å². The number of fused-ring (bicyclic) bond motifs is 1. The first-order valence-corrected chi connectivity index (χ1v) is 10.6. The summed E-state index contributed by atoms with van der Waals surface area (Å²) in [5.74, 6) is 0.107. The van der Waals surface area contributed by atoms with Gasteiger partial charge in [-0.15, -0.1) is 11.3 Å². The summed E-state index contributed by atoms with van der Waals surface area (Å²) in [5, 5.41) is 1.14. The van der Waals surface area contributed by atoms with Crippen molar-refractivity contribution in [2.75, 3.05) is 32.7 Å². The molecule has 0 radical (unpaired) electrons. The summed E-state index contributed by atoms with van der Waals surface area (Å²) in [7, 11) is 0. The zero-order chi connectivity index (χ0) is 18.8. The minimum Gasteiger partial charge on any atom is -0.369 e. The van der Waals surface area contributed by atoms with Crippen molar-refractivity contribution in [2.45, 2.75) is 31.6 Å². The highest BCUT2D eigenvalue weighted by Gasteiger charge is 2.30. The van der Waals surface area contributed by atoms with E-state index < -0.39 is 0 Å². The summed E-state index contributed by atoms with van der Waals surface area (Å²) in [6, 6.07) is 8.21. The largest absolute Gasteiger partial charge is 0.369 e. The molecular weight excluding hydrogens is 360 g/mol. The zero-order valence-corrected chi connectivity index (χ0v) is 16.3. The lowest BCUT2D eigenvalue weighted by atomic mass is 9.97. The van der Waals surface area contributed by atoms with E-state index in [0.29, 0.717) is 19.0 Å². The molecule has 7 heteroatoms. The molecule has 0 spiro atoms. The fourth-order valence-electron chi connectivity index (χ4n) is 4.19. The number of nitrogens with zero attached hydrogens (tertiary/aromatic N) is 3. The number of aromatic nitrogens is 1. The van der Waals surface area contributed by atoms with Crippen LogP contribution in [0.2, 0.25) is 0 Å². The molecule has 2 atom stereocenters. The van der Waals surface area contributed by atoms with Crippen LogP contribution in [0.3, 0.4) is 0 Å². The summed E-state index contributed by atoms with van der Waals surface area (Å²) in [4.78, 5) is 33.2. The maximum absolute atomic E-state index is 12.8. The van der Waals surface area contributed by atoms with E-state index in [9.17, 15) is 9.59 Å². The van der Waals surface area contributed by atoms with Gasteiger partial charge in [0.1, 0.15) is 0 Å². The molecule has 2 aliphatic heterocycles. The smallest absolute Gasteiger partial charge is 0.236 e. The van der Waals surface area contributed by atoms with Gasteiger partial charge < -0.3 is 10.6 Å². The minimum absolute atomic E-state index is 0.122. The van der Waals surface area contributed by atoms with Gasteiger partial charge in [0, 0.05) is 25.6 Å². The first-order chi connectivity index (χ1) is 13.1. The van der Waals surface area contributed by atoms with Gasteiger partial charge in [-0.1, -0.05) is 12.1 Å². The number of para-hydroxylation sites is 1. The van der Waals surface area contributed by atoms with E-state index in [1.165, 1.54) is 4.70 Å². The van der Waals surface area contributed by atoms with Gasteiger partial charge in [0.05, 0.1) is 27.7 Å². The quantitative estimate of drug-likeness (QED) is 0.874. The van der Waals surface area contributed by atoms with Gasteiger partial charge in [-0.3, -0.25) is 14.5 Å². The fourth-order valence-corrected chi connectivity index (χ4v) is 5.29. The van der Waals surface area contributed by atoms with Crippen molar-refractivity contribution in [3.8, 4) is 0 Å². The van der Waals surface area contributed by atoms with Crippen LogP contribution in [0.5, 0.6) is 0 Å². The number of amides is 2. The van der Waals surface area contributed by atoms with Crippen LogP contribution in [0.15, 0.2) is 24.3 Å². The van der Waals surface area contributed by atoms with Gasteiger partial charge >= 0.3 is 0 Å². The number of hydrogen-bond acceptors (Lipinski definition) is 5. The van der Waals surface area contributed by atoms with Crippen LogP contribution in [0, 0.1) is 5.92 Å². The molecule has 2 aromatic rings. The van der Waals surface area contributed by atoms with E-state index in [4.69, 9.17) is 10.7 Å². The molecule has 2 amide bonds. The van der Waals surface area contributed by atoms with Crippen LogP contribution < -0.4 is 5.73 Å². The molecule has 1 aromatic heterocycles. The Morgan fingerprint density at radius 1 is 1.15 bits per heavy atom. The summed E-state index contributed by atoms with van der Waals surface area (Å²) >= 11 is 1.75. The number of carbonyl (C=O) groups is 2. The molecule has 2 N–H and O–H groups in total. The Labute approximate surface area is 163 Å². The molecule has 144 valence electrons. The maximum Gasteiger partial charge on any atom is 0.236 e. The molecular formula is C20H26N4O2S. The van der Waals surface area contributed by atoms with Crippen LogP contribution in [0.1, 0.15) is 36.6 Å². The van der Waals surface area contributed by atoms with Gasteiger partial charge in [-0.2, -0.15) is 0 Å². The van der Waals surface area contributed by atoms with Crippen molar-refractivity contribution in [1.82, 2.24) is 14.8 Å². The Balaban J connectivity index is 1.38. The molecule has 1 aromatic carbocycles. The third kappa shape index (κ3) is 4.14. The third-order valence-electron chi connectivity index (χ3n) is 5.70. The highest BCUT2D eigenvalue weighted by Crippen LogP contribution is 2.33. The first kappa shape index (κ1) is 18.4. The molecule has 0 aliphatic carbocycles.